The Morgan fingerprint density at radius 1 is 1.19 bits per heavy atom. The maximum Gasteiger partial charge on any atom is 0.142 e. The van der Waals surface area contributed by atoms with Crippen molar-refractivity contribution in [1.29, 1.82) is 0 Å². The first-order valence-electron chi connectivity index (χ1n) is 7.94. The average Bonchev–Trinajstić information content (AvgIpc) is 2.45. The van der Waals surface area contributed by atoms with Gasteiger partial charge in [-0.2, -0.15) is 0 Å². The highest BCUT2D eigenvalue weighted by atomic mass is 16.5. The molecule has 0 aliphatic rings. The summed E-state index contributed by atoms with van der Waals surface area (Å²) in [6.07, 6.45) is 3.51. The zero-order valence-electron chi connectivity index (χ0n) is 14.4. The van der Waals surface area contributed by atoms with Crippen molar-refractivity contribution in [2.45, 2.75) is 40.0 Å². The first kappa shape index (κ1) is 17.8. The van der Waals surface area contributed by atoms with Crippen LogP contribution in [0.25, 0.3) is 0 Å². The Kier molecular flexibility index (Phi) is 7.03. The van der Waals surface area contributed by atoms with E-state index in [1.807, 2.05) is 12.1 Å². The van der Waals surface area contributed by atoms with Crippen molar-refractivity contribution in [3.8, 4) is 5.75 Å². The second-order valence-corrected chi connectivity index (χ2v) is 6.88. The highest BCUT2D eigenvalue weighted by Crippen LogP contribution is 2.33. The lowest BCUT2D eigenvalue weighted by atomic mass is 9.76. The molecule has 0 heterocycles. The lowest BCUT2D eigenvalue weighted by Gasteiger charge is -2.31. The van der Waals surface area contributed by atoms with E-state index in [2.05, 4.69) is 44.9 Å². The van der Waals surface area contributed by atoms with Crippen molar-refractivity contribution < 1.29 is 4.74 Å². The van der Waals surface area contributed by atoms with Gasteiger partial charge in [0, 0.05) is 13.6 Å². The summed E-state index contributed by atoms with van der Waals surface area (Å²) in [5.74, 6) is 1.63. The molecule has 0 bridgehead atoms. The number of anilines is 1. The van der Waals surface area contributed by atoms with E-state index in [0.29, 0.717) is 11.3 Å². The van der Waals surface area contributed by atoms with Gasteiger partial charge in [0.1, 0.15) is 5.75 Å². The maximum atomic E-state index is 5.76. The van der Waals surface area contributed by atoms with E-state index in [-0.39, 0.29) is 0 Å². The van der Waals surface area contributed by atoms with E-state index < -0.39 is 0 Å². The van der Waals surface area contributed by atoms with Gasteiger partial charge >= 0.3 is 0 Å². The quantitative estimate of drug-likeness (QED) is 0.789. The molecule has 0 aliphatic heterocycles. The normalized spacial score (nSPS) is 13.0. The minimum absolute atomic E-state index is 0.336. The van der Waals surface area contributed by atoms with Crippen molar-refractivity contribution in [1.82, 2.24) is 0 Å². The Morgan fingerprint density at radius 2 is 1.86 bits per heavy atom. The van der Waals surface area contributed by atoms with Crippen LogP contribution in [-0.2, 0) is 0 Å². The molecule has 1 rings (SSSR count). The molecule has 3 nitrogen and oxygen atoms in total. The molecule has 1 unspecified atom stereocenters. The van der Waals surface area contributed by atoms with Crippen molar-refractivity contribution in [3.63, 3.8) is 0 Å². The van der Waals surface area contributed by atoms with Gasteiger partial charge in [-0.05, 0) is 49.3 Å². The fourth-order valence-electron chi connectivity index (χ4n) is 2.85. The Morgan fingerprint density at radius 3 is 2.43 bits per heavy atom. The second kappa shape index (κ2) is 8.28. The molecule has 1 aromatic rings. The number of hydrogen-bond donors (Lipinski definition) is 1. The van der Waals surface area contributed by atoms with Gasteiger partial charge in [-0.3, -0.25) is 0 Å². The maximum absolute atomic E-state index is 5.76. The molecule has 3 heteroatoms. The molecule has 2 N–H and O–H groups in total. The minimum atomic E-state index is 0.336. The van der Waals surface area contributed by atoms with E-state index in [4.69, 9.17) is 10.5 Å². The van der Waals surface area contributed by atoms with Crippen molar-refractivity contribution in [2.75, 3.05) is 32.1 Å². The van der Waals surface area contributed by atoms with Gasteiger partial charge in [0.25, 0.3) is 0 Å². The fourth-order valence-corrected chi connectivity index (χ4v) is 2.85. The largest absolute Gasteiger partial charge is 0.495 e. The van der Waals surface area contributed by atoms with Gasteiger partial charge in [-0.15, -0.1) is 0 Å². The SMILES string of the molecule is COc1ccccc1N(C)CCCC(CCN)C(C)(C)C. The third-order valence-corrected chi connectivity index (χ3v) is 4.28. The van der Waals surface area contributed by atoms with Crippen LogP contribution < -0.4 is 15.4 Å². The lowest BCUT2D eigenvalue weighted by Crippen LogP contribution is -2.25. The molecule has 0 aliphatic carbocycles. The van der Waals surface area contributed by atoms with E-state index >= 15 is 0 Å². The summed E-state index contributed by atoms with van der Waals surface area (Å²) in [6, 6.07) is 8.19. The highest BCUT2D eigenvalue weighted by Gasteiger charge is 2.23. The number of benzene rings is 1. The number of rotatable bonds is 8. The topological polar surface area (TPSA) is 38.5 Å². The highest BCUT2D eigenvalue weighted by molar-refractivity contribution is 5.57. The van der Waals surface area contributed by atoms with E-state index in [1.54, 1.807) is 7.11 Å². The molecule has 0 aromatic heterocycles. The number of ether oxygens (including phenoxy) is 1. The smallest absolute Gasteiger partial charge is 0.142 e. The summed E-state index contributed by atoms with van der Waals surface area (Å²) in [7, 11) is 3.86. The van der Waals surface area contributed by atoms with E-state index in [1.165, 1.54) is 12.8 Å². The second-order valence-electron chi connectivity index (χ2n) is 6.88. The molecule has 1 aromatic carbocycles. The third-order valence-electron chi connectivity index (χ3n) is 4.28. The monoisotopic (exact) mass is 292 g/mol. The van der Waals surface area contributed by atoms with Gasteiger partial charge in [0.2, 0.25) is 0 Å². The van der Waals surface area contributed by atoms with Crippen molar-refractivity contribution in [2.24, 2.45) is 17.1 Å². The number of nitrogens with zero attached hydrogens (tertiary/aromatic N) is 1. The van der Waals surface area contributed by atoms with Crippen LogP contribution in [-0.4, -0.2) is 27.2 Å². The van der Waals surface area contributed by atoms with Crippen LogP contribution in [0.5, 0.6) is 5.75 Å². The van der Waals surface area contributed by atoms with Crippen LogP contribution in [0.4, 0.5) is 5.69 Å². The van der Waals surface area contributed by atoms with Crippen molar-refractivity contribution >= 4 is 5.69 Å². The molecule has 0 saturated heterocycles. The number of hydrogen-bond acceptors (Lipinski definition) is 3. The predicted molar refractivity (Wildman–Crippen MR) is 92.1 cm³/mol. The Bertz CT molecular complexity index is 412. The van der Waals surface area contributed by atoms with Crippen LogP contribution >= 0.6 is 0 Å². The molecule has 0 spiro atoms. The summed E-state index contributed by atoms with van der Waals surface area (Å²) in [5, 5.41) is 0. The molecule has 120 valence electrons. The van der Waals surface area contributed by atoms with Crippen LogP contribution in [0.1, 0.15) is 40.0 Å². The third kappa shape index (κ3) is 5.58. The predicted octanol–water partition coefficient (Wildman–Crippen LogP) is 3.92. The Hall–Kier alpha value is -1.22. The van der Waals surface area contributed by atoms with Gasteiger partial charge < -0.3 is 15.4 Å². The summed E-state index contributed by atoms with van der Waals surface area (Å²) >= 11 is 0. The summed E-state index contributed by atoms with van der Waals surface area (Å²) in [4.78, 5) is 2.28. The molecule has 1 atom stereocenters. The van der Waals surface area contributed by atoms with Crippen molar-refractivity contribution in [3.05, 3.63) is 24.3 Å². The standard InChI is InChI=1S/C18H32N2O/c1-18(2,3)15(12-13-19)9-8-14-20(4)16-10-6-7-11-17(16)21-5/h6-7,10-11,15H,8-9,12-14,19H2,1-5H3. The van der Waals surface area contributed by atoms with Crippen LogP contribution in [0.3, 0.4) is 0 Å². The molecule has 0 amide bonds. The van der Waals surface area contributed by atoms with Gasteiger partial charge in [0.15, 0.2) is 0 Å². The van der Waals surface area contributed by atoms with Gasteiger partial charge in [-0.1, -0.05) is 32.9 Å². The zero-order chi connectivity index (χ0) is 15.9. The van der Waals surface area contributed by atoms with Crippen LogP contribution in [0.2, 0.25) is 0 Å². The fraction of sp³-hybridized carbons (Fsp3) is 0.667. The number of methoxy groups -OCH3 is 1. The van der Waals surface area contributed by atoms with Crippen LogP contribution in [0, 0.1) is 11.3 Å². The molecular weight excluding hydrogens is 260 g/mol. The van der Waals surface area contributed by atoms with E-state index in [0.717, 1.165) is 30.9 Å². The summed E-state index contributed by atoms with van der Waals surface area (Å²) < 4.78 is 5.43. The zero-order valence-corrected chi connectivity index (χ0v) is 14.4. The Balaban J connectivity index is 2.54. The first-order chi connectivity index (χ1) is 9.90. The molecule has 21 heavy (non-hydrogen) atoms. The van der Waals surface area contributed by atoms with Gasteiger partial charge in [0.05, 0.1) is 12.8 Å². The summed E-state index contributed by atoms with van der Waals surface area (Å²) in [6.45, 7) is 8.77. The summed E-state index contributed by atoms with van der Waals surface area (Å²) in [5.41, 5.74) is 7.25. The first-order valence-corrected chi connectivity index (χ1v) is 7.94. The minimum Gasteiger partial charge on any atom is -0.495 e. The lowest BCUT2D eigenvalue weighted by molar-refractivity contribution is 0.211. The van der Waals surface area contributed by atoms with Crippen LogP contribution in [0.15, 0.2) is 24.3 Å². The molecule has 0 saturated carbocycles. The molecular formula is C18H32N2O. The van der Waals surface area contributed by atoms with E-state index in [9.17, 15) is 0 Å². The molecule has 0 fully saturated rings. The average molecular weight is 292 g/mol. The Labute approximate surface area is 130 Å². The van der Waals surface area contributed by atoms with Gasteiger partial charge in [-0.25, -0.2) is 0 Å². The number of para-hydroxylation sites is 2. The molecule has 0 radical (unpaired) electrons. The number of nitrogens with two attached hydrogens (primary N) is 1.